The quantitative estimate of drug-likeness (QED) is 0.417. The van der Waals surface area contributed by atoms with E-state index in [9.17, 15) is 31.1 Å². The molecule has 0 unspecified atom stereocenters. The topological polar surface area (TPSA) is 90.6 Å². The molecule has 2 saturated heterocycles. The zero-order valence-corrected chi connectivity index (χ0v) is 20.6. The van der Waals surface area contributed by atoms with Crippen molar-refractivity contribution in [3.63, 3.8) is 0 Å². The van der Waals surface area contributed by atoms with Crippen LogP contribution in [0.3, 0.4) is 0 Å². The third-order valence-corrected chi connectivity index (χ3v) is 7.55. The van der Waals surface area contributed by atoms with Gasteiger partial charge in [0.1, 0.15) is 0 Å². The smallest absolute Gasteiger partial charge is 0.398 e. The molecule has 1 aromatic heterocycles. The monoisotopic (exact) mass is 551 g/mol. The molecule has 15 heteroatoms. The number of piperidine rings is 1. The summed E-state index contributed by atoms with van der Waals surface area (Å²) in [7, 11) is 0. The number of hydrogen-bond acceptors (Lipinski definition) is 8. The number of amides is 1. The SMILES string of the molecule is Nc1ccc(NC2CCN(C(=O)CCN3CCN(c4nnc(C(F)(F)F)s4)CC3)CC2)cc1C(F)(F)F. The van der Waals surface area contributed by atoms with Gasteiger partial charge in [0, 0.05) is 69.7 Å². The number of carbonyl (C=O) groups excluding carboxylic acids is 1. The van der Waals surface area contributed by atoms with Gasteiger partial charge in [0.25, 0.3) is 0 Å². The standard InChI is InChI=1S/C22H27F6N7OS/c23-21(24,25)16-13-15(1-2-17(16)29)30-14-3-7-34(8-4-14)18(36)5-6-33-9-11-35(12-10-33)20-32-31-19(37-20)22(26,27)28/h1-2,13-14,30H,3-12,29H2. The highest BCUT2D eigenvalue weighted by molar-refractivity contribution is 7.15. The van der Waals surface area contributed by atoms with Gasteiger partial charge < -0.3 is 20.9 Å². The first-order valence-electron chi connectivity index (χ1n) is 11.8. The van der Waals surface area contributed by atoms with E-state index in [4.69, 9.17) is 5.73 Å². The number of anilines is 3. The molecule has 2 fully saturated rings. The summed E-state index contributed by atoms with van der Waals surface area (Å²) in [5.74, 6) is 0.00617. The van der Waals surface area contributed by atoms with Crippen LogP contribution < -0.4 is 16.0 Å². The van der Waals surface area contributed by atoms with Crippen molar-refractivity contribution in [2.75, 3.05) is 61.8 Å². The number of nitrogens with zero attached hydrogens (tertiary/aromatic N) is 5. The number of rotatable bonds is 6. The Morgan fingerprint density at radius 2 is 1.68 bits per heavy atom. The van der Waals surface area contributed by atoms with E-state index in [1.807, 2.05) is 0 Å². The molecule has 0 saturated carbocycles. The van der Waals surface area contributed by atoms with Crippen LogP contribution >= 0.6 is 11.3 Å². The van der Waals surface area contributed by atoms with E-state index < -0.39 is 22.9 Å². The average Bonchev–Trinajstić information content (AvgIpc) is 3.35. The fourth-order valence-corrected chi connectivity index (χ4v) is 5.20. The largest absolute Gasteiger partial charge is 0.445 e. The van der Waals surface area contributed by atoms with Gasteiger partial charge in [0.2, 0.25) is 16.0 Å². The molecule has 2 aliphatic rings. The summed E-state index contributed by atoms with van der Waals surface area (Å²) in [4.78, 5) is 18.3. The van der Waals surface area contributed by atoms with Crippen molar-refractivity contribution in [1.82, 2.24) is 20.0 Å². The number of nitrogen functional groups attached to an aromatic ring is 1. The van der Waals surface area contributed by atoms with E-state index in [2.05, 4.69) is 20.4 Å². The molecule has 204 valence electrons. The third-order valence-electron chi connectivity index (χ3n) is 6.52. The molecule has 8 nitrogen and oxygen atoms in total. The van der Waals surface area contributed by atoms with Crippen molar-refractivity contribution in [2.24, 2.45) is 0 Å². The van der Waals surface area contributed by atoms with Gasteiger partial charge in [-0.05, 0) is 31.0 Å². The zero-order valence-electron chi connectivity index (χ0n) is 19.8. The van der Waals surface area contributed by atoms with Gasteiger partial charge in [-0.1, -0.05) is 11.3 Å². The number of hydrogen-bond donors (Lipinski definition) is 2. The van der Waals surface area contributed by atoms with Crippen molar-refractivity contribution in [1.29, 1.82) is 0 Å². The predicted molar refractivity (Wildman–Crippen MR) is 127 cm³/mol. The van der Waals surface area contributed by atoms with Crippen LogP contribution in [0.15, 0.2) is 18.2 Å². The summed E-state index contributed by atoms with van der Waals surface area (Å²) in [6.45, 7) is 3.75. The summed E-state index contributed by atoms with van der Waals surface area (Å²) < 4.78 is 77.5. The van der Waals surface area contributed by atoms with Crippen LogP contribution in [0.1, 0.15) is 29.8 Å². The molecular formula is C22H27F6N7OS. The number of halogens is 6. The molecule has 4 rings (SSSR count). The minimum atomic E-state index is -4.53. The Morgan fingerprint density at radius 3 is 2.27 bits per heavy atom. The maximum Gasteiger partial charge on any atom is 0.445 e. The summed E-state index contributed by atoms with van der Waals surface area (Å²) in [6.07, 6.45) is -7.49. The zero-order chi connectivity index (χ0) is 26.8. The molecule has 0 atom stereocenters. The summed E-state index contributed by atoms with van der Waals surface area (Å²) in [6, 6.07) is 3.70. The summed E-state index contributed by atoms with van der Waals surface area (Å²) in [5, 5.41) is 9.27. The van der Waals surface area contributed by atoms with Crippen LogP contribution in [0.25, 0.3) is 0 Å². The number of likely N-dealkylation sites (tertiary alicyclic amines) is 1. The highest BCUT2D eigenvalue weighted by Crippen LogP contribution is 2.36. The summed E-state index contributed by atoms with van der Waals surface area (Å²) in [5.41, 5.74) is 4.59. The highest BCUT2D eigenvalue weighted by atomic mass is 32.1. The molecule has 37 heavy (non-hydrogen) atoms. The number of carbonyl (C=O) groups is 1. The molecule has 1 amide bonds. The van der Waals surface area contributed by atoms with E-state index in [0.29, 0.717) is 82.1 Å². The number of piperazine rings is 1. The Morgan fingerprint density at radius 1 is 1.00 bits per heavy atom. The van der Waals surface area contributed by atoms with Gasteiger partial charge >= 0.3 is 12.4 Å². The van der Waals surface area contributed by atoms with Gasteiger partial charge in [0.15, 0.2) is 0 Å². The molecule has 0 bridgehead atoms. The van der Waals surface area contributed by atoms with Crippen LogP contribution in [0.2, 0.25) is 0 Å². The van der Waals surface area contributed by atoms with Crippen LogP contribution in [0.4, 0.5) is 42.8 Å². The average molecular weight is 552 g/mol. The lowest BCUT2D eigenvalue weighted by Crippen LogP contribution is -2.48. The molecule has 2 aliphatic heterocycles. The van der Waals surface area contributed by atoms with Crippen LogP contribution in [0.5, 0.6) is 0 Å². The lowest BCUT2D eigenvalue weighted by atomic mass is 10.0. The second-order valence-electron chi connectivity index (χ2n) is 9.07. The second-order valence-corrected chi connectivity index (χ2v) is 10.0. The number of alkyl halides is 6. The minimum Gasteiger partial charge on any atom is -0.398 e. The Labute approximate surface area is 213 Å². The van der Waals surface area contributed by atoms with Crippen LogP contribution in [-0.4, -0.2) is 77.8 Å². The predicted octanol–water partition coefficient (Wildman–Crippen LogP) is 3.77. The van der Waals surface area contributed by atoms with Crippen LogP contribution in [-0.2, 0) is 17.1 Å². The van der Waals surface area contributed by atoms with Crippen molar-refractivity contribution >= 4 is 33.8 Å². The Kier molecular flexibility index (Phi) is 8.02. The van der Waals surface area contributed by atoms with E-state index >= 15 is 0 Å². The minimum absolute atomic E-state index is 0.00617. The van der Waals surface area contributed by atoms with Gasteiger partial charge in [-0.2, -0.15) is 26.3 Å². The number of benzene rings is 1. The third kappa shape index (κ3) is 6.94. The van der Waals surface area contributed by atoms with Crippen molar-refractivity contribution in [3.05, 3.63) is 28.8 Å². The highest BCUT2D eigenvalue weighted by Gasteiger charge is 2.37. The maximum absolute atomic E-state index is 13.1. The first kappa shape index (κ1) is 27.2. The number of nitrogens with two attached hydrogens (primary N) is 1. The van der Waals surface area contributed by atoms with Gasteiger partial charge in [-0.25, -0.2) is 0 Å². The van der Waals surface area contributed by atoms with E-state index in [1.165, 1.54) is 12.1 Å². The first-order valence-corrected chi connectivity index (χ1v) is 12.6. The number of nitrogens with one attached hydrogen (secondary N) is 1. The van der Waals surface area contributed by atoms with E-state index in [-0.39, 0.29) is 22.8 Å². The lowest BCUT2D eigenvalue weighted by Gasteiger charge is -2.35. The molecule has 0 radical (unpaired) electrons. The fraction of sp³-hybridized carbons (Fsp3) is 0.591. The van der Waals surface area contributed by atoms with Gasteiger partial charge in [0.05, 0.1) is 5.56 Å². The Hall–Kier alpha value is -2.81. The fourth-order valence-electron chi connectivity index (χ4n) is 4.43. The molecule has 1 aromatic carbocycles. The van der Waals surface area contributed by atoms with Gasteiger partial charge in [-0.3, -0.25) is 9.69 Å². The second kappa shape index (κ2) is 10.9. The molecule has 2 aromatic rings. The van der Waals surface area contributed by atoms with Crippen molar-refractivity contribution in [2.45, 2.75) is 37.7 Å². The Balaban J connectivity index is 1.18. The van der Waals surface area contributed by atoms with Crippen LogP contribution in [0, 0.1) is 0 Å². The molecule has 0 spiro atoms. The molecule has 3 heterocycles. The summed E-state index contributed by atoms with van der Waals surface area (Å²) >= 11 is 0.526. The van der Waals surface area contributed by atoms with E-state index in [0.717, 1.165) is 6.07 Å². The first-order chi connectivity index (χ1) is 17.4. The molecular weight excluding hydrogens is 524 g/mol. The van der Waals surface area contributed by atoms with Crippen molar-refractivity contribution in [3.8, 4) is 0 Å². The normalized spacial score (nSPS) is 18.3. The van der Waals surface area contributed by atoms with Crippen molar-refractivity contribution < 1.29 is 31.1 Å². The van der Waals surface area contributed by atoms with Gasteiger partial charge in [-0.15, -0.1) is 10.2 Å². The number of aromatic nitrogens is 2. The molecule has 3 N–H and O–H groups in total. The lowest BCUT2D eigenvalue weighted by molar-refractivity contribution is -0.138. The molecule has 0 aliphatic carbocycles. The maximum atomic E-state index is 13.1. The van der Waals surface area contributed by atoms with E-state index in [1.54, 1.807) is 9.80 Å². The Bertz CT molecular complexity index is 1080.